The molecular formula is C23H27N5O2S. The van der Waals surface area contributed by atoms with E-state index in [-0.39, 0.29) is 17.4 Å². The highest BCUT2D eigenvalue weighted by molar-refractivity contribution is 7.20. The molecule has 1 aliphatic carbocycles. The number of piperidine rings is 1. The molecule has 1 aromatic carbocycles. The van der Waals surface area contributed by atoms with Crippen LogP contribution >= 0.6 is 11.3 Å². The Morgan fingerprint density at radius 3 is 2.84 bits per heavy atom. The summed E-state index contributed by atoms with van der Waals surface area (Å²) >= 11 is 1.45. The fraction of sp³-hybridized carbons (Fsp3) is 0.478. The maximum absolute atomic E-state index is 12.9. The summed E-state index contributed by atoms with van der Waals surface area (Å²) in [7, 11) is 0. The lowest BCUT2D eigenvalue weighted by molar-refractivity contribution is -0.125. The summed E-state index contributed by atoms with van der Waals surface area (Å²) in [6, 6.07) is 8.22. The van der Waals surface area contributed by atoms with Gasteiger partial charge in [-0.05, 0) is 51.0 Å². The summed E-state index contributed by atoms with van der Waals surface area (Å²) < 4.78 is 1.46. The van der Waals surface area contributed by atoms with Crippen LogP contribution in [-0.2, 0) is 24.2 Å². The third kappa shape index (κ3) is 4.08. The molecule has 0 bridgehead atoms. The van der Waals surface area contributed by atoms with Crippen molar-refractivity contribution in [2.75, 3.05) is 18.0 Å². The van der Waals surface area contributed by atoms with Gasteiger partial charge in [0.25, 0.3) is 5.56 Å². The molecule has 1 atom stereocenters. The van der Waals surface area contributed by atoms with E-state index < -0.39 is 0 Å². The first-order valence-corrected chi connectivity index (χ1v) is 11.9. The Bertz CT molecular complexity index is 1170. The van der Waals surface area contributed by atoms with Crippen LogP contribution in [0.5, 0.6) is 0 Å². The molecule has 3 heterocycles. The number of nitrogens with zero attached hydrogens (tertiary/aromatic N) is 4. The van der Waals surface area contributed by atoms with Crippen LogP contribution in [0.4, 0.5) is 5.13 Å². The number of carbonyl (C=O) groups excluding carboxylic acids is 1. The van der Waals surface area contributed by atoms with Gasteiger partial charge in [-0.15, -0.1) is 5.10 Å². The van der Waals surface area contributed by atoms with Crippen LogP contribution in [0.1, 0.15) is 48.1 Å². The van der Waals surface area contributed by atoms with Gasteiger partial charge in [-0.2, -0.15) is 4.52 Å². The number of hydrogen-bond acceptors (Lipinski definition) is 6. The van der Waals surface area contributed by atoms with Crippen molar-refractivity contribution >= 4 is 27.3 Å². The molecule has 7 nitrogen and oxygen atoms in total. The van der Waals surface area contributed by atoms with Crippen molar-refractivity contribution in [3.8, 4) is 0 Å². The molecule has 0 spiro atoms. The second kappa shape index (κ2) is 8.42. The molecule has 1 amide bonds. The van der Waals surface area contributed by atoms with Gasteiger partial charge in [-0.1, -0.05) is 41.2 Å². The van der Waals surface area contributed by atoms with E-state index in [0.717, 1.165) is 67.0 Å². The maximum atomic E-state index is 12.9. The molecule has 5 rings (SSSR count). The van der Waals surface area contributed by atoms with Crippen molar-refractivity contribution in [2.45, 2.75) is 52.0 Å². The van der Waals surface area contributed by atoms with Crippen molar-refractivity contribution in [1.29, 1.82) is 0 Å². The lowest BCUT2D eigenvalue weighted by Gasteiger charge is -2.31. The summed E-state index contributed by atoms with van der Waals surface area (Å²) in [5, 5.41) is 8.46. The van der Waals surface area contributed by atoms with Gasteiger partial charge >= 0.3 is 0 Å². The first kappa shape index (κ1) is 20.2. The number of aromatic nitrogens is 3. The Labute approximate surface area is 185 Å². The number of benzene rings is 1. The quantitative estimate of drug-likeness (QED) is 0.679. The predicted octanol–water partition coefficient (Wildman–Crippen LogP) is 2.87. The number of nitrogens with one attached hydrogen (secondary N) is 1. The second-order valence-corrected chi connectivity index (χ2v) is 9.55. The molecule has 1 aliphatic heterocycles. The van der Waals surface area contributed by atoms with Gasteiger partial charge in [-0.3, -0.25) is 9.59 Å². The Morgan fingerprint density at radius 1 is 1.19 bits per heavy atom. The molecule has 0 unspecified atom stereocenters. The van der Waals surface area contributed by atoms with E-state index in [1.165, 1.54) is 21.4 Å². The molecule has 0 radical (unpaired) electrons. The topological polar surface area (TPSA) is 79.6 Å². The highest BCUT2D eigenvalue weighted by atomic mass is 32.1. The highest BCUT2D eigenvalue weighted by Gasteiger charge is 2.28. The van der Waals surface area contributed by atoms with Crippen LogP contribution in [0, 0.1) is 12.8 Å². The van der Waals surface area contributed by atoms with Crippen molar-refractivity contribution in [2.24, 2.45) is 5.92 Å². The lowest BCUT2D eigenvalue weighted by atomic mass is 9.97. The first-order valence-electron chi connectivity index (χ1n) is 11.1. The average molecular weight is 438 g/mol. The van der Waals surface area contributed by atoms with Crippen LogP contribution in [0.2, 0.25) is 0 Å². The summed E-state index contributed by atoms with van der Waals surface area (Å²) in [5.74, 6) is 0.00115. The first-order chi connectivity index (χ1) is 15.1. The maximum Gasteiger partial charge on any atom is 0.278 e. The number of anilines is 1. The minimum Gasteiger partial charge on any atom is -0.352 e. The minimum absolute atomic E-state index is 0.0217. The van der Waals surface area contributed by atoms with Gasteiger partial charge in [0.1, 0.15) is 0 Å². The Hall–Kier alpha value is -2.74. The molecule has 2 aromatic heterocycles. The molecule has 8 heteroatoms. The van der Waals surface area contributed by atoms with Crippen molar-refractivity contribution in [1.82, 2.24) is 19.9 Å². The SMILES string of the molecule is Cc1ccc(CNC(=O)[C@@H]2CCCN(c3nn4c(=O)c5c(nc4s3)CCCC5)C2)cc1. The van der Waals surface area contributed by atoms with Gasteiger partial charge in [-0.25, -0.2) is 4.98 Å². The van der Waals surface area contributed by atoms with E-state index in [9.17, 15) is 9.59 Å². The average Bonchev–Trinajstić information content (AvgIpc) is 3.23. The van der Waals surface area contributed by atoms with Crippen LogP contribution < -0.4 is 15.8 Å². The molecule has 31 heavy (non-hydrogen) atoms. The fourth-order valence-electron chi connectivity index (χ4n) is 4.49. The van der Waals surface area contributed by atoms with Crippen LogP contribution in [0.25, 0.3) is 4.96 Å². The van der Waals surface area contributed by atoms with Crippen LogP contribution in [0.15, 0.2) is 29.1 Å². The van der Waals surface area contributed by atoms with Crippen LogP contribution in [0.3, 0.4) is 0 Å². The van der Waals surface area contributed by atoms with Crippen molar-refractivity contribution < 1.29 is 4.79 Å². The summed E-state index contributed by atoms with van der Waals surface area (Å²) in [6.45, 7) is 4.06. The summed E-state index contributed by atoms with van der Waals surface area (Å²) in [5.41, 5.74) is 4.06. The van der Waals surface area contributed by atoms with E-state index in [1.807, 2.05) is 12.1 Å². The zero-order valence-corrected chi connectivity index (χ0v) is 18.6. The van der Waals surface area contributed by atoms with E-state index in [4.69, 9.17) is 4.98 Å². The van der Waals surface area contributed by atoms with E-state index >= 15 is 0 Å². The third-order valence-corrected chi connectivity index (χ3v) is 7.29. The number of rotatable bonds is 4. The van der Waals surface area contributed by atoms with Gasteiger partial charge in [0.15, 0.2) is 0 Å². The molecule has 0 saturated carbocycles. The Morgan fingerprint density at radius 2 is 2.00 bits per heavy atom. The predicted molar refractivity (Wildman–Crippen MR) is 122 cm³/mol. The van der Waals surface area contributed by atoms with Gasteiger partial charge in [0, 0.05) is 25.2 Å². The Balaban J connectivity index is 1.30. The highest BCUT2D eigenvalue weighted by Crippen LogP contribution is 2.28. The lowest BCUT2D eigenvalue weighted by Crippen LogP contribution is -2.43. The fourth-order valence-corrected chi connectivity index (χ4v) is 5.44. The van der Waals surface area contributed by atoms with E-state index in [0.29, 0.717) is 18.1 Å². The monoisotopic (exact) mass is 437 g/mol. The largest absolute Gasteiger partial charge is 0.352 e. The van der Waals surface area contributed by atoms with Gasteiger partial charge in [0.2, 0.25) is 16.0 Å². The molecule has 3 aromatic rings. The summed E-state index contributed by atoms with van der Waals surface area (Å²) in [6.07, 6.45) is 5.60. The number of aryl methyl sites for hydroxylation is 2. The molecule has 2 aliphatic rings. The number of fused-ring (bicyclic) bond motifs is 2. The molecule has 162 valence electrons. The van der Waals surface area contributed by atoms with Gasteiger partial charge < -0.3 is 10.2 Å². The number of hydrogen-bond donors (Lipinski definition) is 1. The van der Waals surface area contributed by atoms with Gasteiger partial charge in [0.05, 0.1) is 11.6 Å². The normalized spacial score (nSPS) is 18.7. The van der Waals surface area contributed by atoms with Crippen molar-refractivity contribution in [3.05, 3.63) is 57.0 Å². The van der Waals surface area contributed by atoms with Crippen LogP contribution in [-0.4, -0.2) is 33.6 Å². The molecule has 1 saturated heterocycles. The number of carbonyl (C=O) groups is 1. The smallest absolute Gasteiger partial charge is 0.278 e. The standard InChI is InChI=1S/C23H27N5O2S/c1-15-8-10-16(11-9-15)13-24-20(29)17-5-4-12-27(14-17)23-26-28-21(30)18-6-2-3-7-19(18)25-22(28)31-23/h8-11,17H,2-7,12-14H2,1H3,(H,24,29)/t17-/m1/s1. The number of amides is 1. The van der Waals surface area contributed by atoms with E-state index in [2.05, 4.69) is 34.4 Å². The minimum atomic E-state index is -0.0795. The molecule has 1 fully saturated rings. The van der Waals surface area contributed by atoms with Crippen molar-refractivity contribution in [3.63, 3.8) is 0 Å². The molecular weight excluding hydrogens is 410 g/mol. The zero-order chi connectivity index (χ0) is 21.4. The van der Waals surface area contributed by atoms with E-state index in [1.54, 1.807) is 0 Å². The molecule has 1 N–H and O–H groups in total. The summed E-state index contributed by atoms with van der Waals surface area (Å²) in [4.78, 5) is 33.2. The Kier molecular flexibility index (Phi) is 5.48. The second-order valence-electron chi connectivity index (χ2n) is 8.62. The zero-order valence-electron chi connectivity index (χ0n) is 17.8. The third-order valence-electron chi connectivity index (χ3n) is 6.32.